The third-order valence-corrected chi connectivity index (χ3v) is 2.76. The minimum absolute atomic E-state index is 0.0952. The lowest BCUT2D eigenvalue weighted by Crippen LogP contribution is -2.29. The SMILES string of the molecule is CN(C)CCn1ncc(NCCCO)c(Cl)c1=O. The molecule has 102 valence electrons. The van der Waals surface area contributed by atoms with Gasteiger partial charge in [0.05, 0.1) is 18.4 Å². The van der Waals surface area contributed by atoms with Crippen LogP contribution in [0.3, 0.4) is 0 Å². The Balaban J connectivity index is 2.75. The number of nitrogens with zero attached hydrogens (tertiary/aromatic N) is 3. The average Bonchev–Trinajstić information content (AvgIpc) is 2.33. The molecule has 0 saturated heterocycles. The average molecular weight is 275 g/mol. The van der Waals surface area contributed by atoms with Gasteiger partial charge in [-0.1, -0.05) is 11.6 Å². The van der Waals surface area contributed by atoms with Crippen molar-refractivity contribution in [3.05, 3.63) is 21.6 Å². The molecule has 0 amide bonds. The van der Waals surface area contributed by atoms with Crippen molar-refractivity contribution in [2.24, 2.45) is 0 Å². The van der Waals surface area contributed by atoms with Crippen LogP contribution < -0.4 is 10.9 Å². The maximum Gasteiger partial charge on any atom is 0.287 e. The van der Waals surface area contributed by atoms with Gasteiger partial charge < -0.3 is 15.3 Å². The molecule has 0 aliphatic carbocycles. The zero-order chi connectivity index (χ0) is 13.5. The number of anilines is 1. The molecule has 0 unspecified atom stereocenters. The third-order valence-electron chi connectivity index (χ3n) is 2.39. The summed E-state index contributed by atoms with van der Waals surface area (Å²) >= 11 is 5.98. The number of rotatable bonds is 7. The fourth-order valence-electron chi connectivity index (χ4n) is 1.34. The fraction of sp³-hybridized carbons (Fsp3) is 0.636. The van der Waals surface area contributed by atoms with Crippen molar-refractivity contribution in [2.45, 2.75) is 13.0 Å². The van der Waals surface area contributed by atoms with Gasteiger partial charge in [-0.3, -0.25) is 4.79 Å². The molecule has 0 bridgehead atoms. The summed E-state index contributed by atoms with van der Waals surface area (Å²) < 4.78 is 1.35. The molecule has 0 saturated carbocycles. The van der Waals surface area contributed by atoms with Crippen LogP contribution in [0.25, 0.3) is 0 Å². The smallest absolute Gasteiger partial charge is 0.287 e. The van der Waals surface area contributed by atoms with Crippen LogP contribution in [0.15, 0.2) is 11.0 Å². The van der Waals surface area contributed by atoms with Crippen molar-refractivity contribution >= 4 is 17.3 Å². The molecule has 0 spiro atoms. The van der Waals surface area contributed by atoms with Crippen LogP contribution >= 0.6 is 11.6 Å². The highest BCUT2D eigenvalue weighted by molar-refractivity contribution is 6.32. The third kappa shape index (κ3) is 4.29. The van der Waals surface area contributed by atoms with Crippen molar-refractivity contribution in [1.29, 1.82) is 0 Å². The number of halogens is 1. The normalized spacial score (nSPS) is 10.9. The summed E-state index contributed by atoms with van der Waals surface area (Å²) in [5, 5.41) is 15.8. The zero-order valence-corrected chi connectivity index (χ0v) is 11.4. The van der Waals surface area contributed by atoms with E-state index in [1.54, 1.807) is 0 Å². The molecule has 1 heterocycles. The Hall–Kier alpha value is -1.11. The van der Waals surface area contributed by atoms with Gasteiger partial charge in [0.1, 0.15) is 5.02 Å². The van der Waals surface area contributed by atoms with Crippen molar-refractivity contribution in [2.75, 3.05) is 39.1 Å². The number of hydrogen-bond acceptors (Lipinski definition) is 5. The molecule has 0 fully saturated rings. The van der Waals surface area contributed by atoms with E-state index >= 15 is 0 Å². The Bertz CT molecular complexity index is 434. The quantitative estimate of drug-likeness (QED) is 0.698. The van der Waals surface area contributed by atoms with Gasteiger partial charge in [0.25, 0.3) is 5.56 Å². The summed E-state index contributed by atoms with van der Waals surface area (Å²) in [6, 6.07) is 0. The van der Waals surface area contributed by atoms with E-state index in [9.17, 15) is 4.79 Å². The Labute approximate surface area is 111 Å². The molecule has 18 heavy (non-hydrogen) atoms. The predicted molar refractivity (Wildman–Crippen MR) is 72.3 cm³/mol. The van der Waals surface area contributed by atoms with Gasteiger partial charge in [0.2, 0.25) is 0 Å². The van der Waals surface area contributed by atoms with Gasteiger partial charge in [0, 0.05) is 19.7 Å². The van der Waals surface area contributed by atoms with Gasteiger partial charge in [-0.05, 0) is 20.5 Å². The van der Waals surface area contributed by atoms with Gasteiger partial charge in [-0.25, -0.2) is 4.68 Å². The Morgan fingerprint density at radius 3 is 2.89 bits per heavy atom. The van der Waals surface area contributed by atoms with Crippen LogP contribution in [0.5, 0.6) is 0 Å². The van der Waals surface area contributed by atoms with E-state index in [2.05, 4.69) is 10.4 Å². The van der Waals surface area contributed by atoms with Gasteiger partial charge in [-0.15, -0.1) is 0 Å². The van der Waals surface area contributed by atoms with Crippen molar-refractivity contribution in [1.82, 2.24) is 14.7 Å². The molecule has 7 heteroatoms. The molecule has 0 aromatic carbocycles. The maximum absolute atomic E-state index is 11.9. The lowest BCUT2D eigenvalue weighted by Gasteiger charge is -2.12. The molecule has 1 aromatic heterocycles. The summed E-state index contributed by atoms with van der Waals surface area (Å²) in [5.74, 6) is 0. The molecule has 2 N–H and O–H groups in total. The fourth-order valence-corrected chi connectivity index (χ4v) is 1.56. The van der Waals surface area contributed by atoms with Gasteiger partial charge in [-0.2, -0.15) is 5.10 Å². The van der Waals surface area contributed by atoms with E-state index in [-0.39, 0.29) is 17.2 Å². The highest BCUT2D eigenvalue weighted by atomic mass is 35.5. The first-order chi connectivity index (χ1) is 8.56. The van der Waals surface area contributed by atoms with Crippen molar-refractivity contribution < 1.29 is 5.11 Å². The van der Waals surface area contributed by atoms with Crippen LogP contribution in [-0.4, -0.2) is 53.6 Å². The van der Waals surface area contributed by atoms with E-state index in [0.717, 1.165) is 6.54 Å². The van der Waals surface area contributed by atoms with Crippen molar-refractivity contribution in [3.63, 3.8) is 0 Å². The first-order valence-electron chi connectivity index (χ1n) is 5.81. The molecule has 0 aliphatic rings. The van der Waals surface area contributed by atoms with E-state index in [1.165, 1.54) is 10.9 Å². The molecule has 0 atom stereocenters. The minimum atomic E-state index is -0.299. The molecule has 0 aliphatic heterocycles. The summed E-state index contributed by atoms with van der Waals surface area (Å²) in [7, 11) is 3.86. The molecule has 6 nitrogen and oxygen atoms in total. The lowest BCUT2D eigenvalue weighted by molar-refractivity contribution is 0.292. The monoisotopic (exact) mass is 274 g/mol. The van der Waals surface area contributed by atoms with Crippen LogP contribution in [0, 0.1) is 0 Å². The van der Waals surface area contributed by atoms with Crippen LogP contribution in [0.1, 0.15) is 6.42 Å². The molecule has 1 aromatic rings. The lowest BCUT2D eigenvalue weighted by atomic mass is 10.4. The minimum Gasteiger partial charge on any atom is -0.396 e. The summed E-state index contributed by atoms with van der Waals surface area (Å²) in [5.41, 5.74) is 0.212. The molecule has 1 rings (SSSR count). The highest BCUT2D eigenvalue weighted by Gasteiger charge is 2.08. The van der Waals surface area contributed by atoms with Crippen molar-refractivity contribution in [3.8, 4) is 0 Å². The molecular formula is C11H19ClN4O2. The predicted octanol–water partition coefficient (Wildman–Crippen LogP) is 0.253. The standard InChI is InChI=1S/C11H19ClN4O2/c1-15(2)5-6-16-11(18)10(12)9(8-14-16)13-4-3-7-17/h8,13,17H,3-7H2,1-2H3. The highest BCUT2D eigenvalue weighted by Crippen LogP contribution is 2.14. The second-order valence-corrected chi connectivity index (χ2v) is 4.59. The summed E-state index contributed by atoms with van der Waals surface area (Å²) in [6.07, 6.45) is 2.14. The van der Waals surface area contributed by atoms with Gasteiger partial charge >= 0.3 is 0 Å². The van der Waals surface area contributed by atoms with Crippen LogP contribution in [0.2, 0.25) is 5.02 Å². The molecular weight excluding hydrogens is 256 g/mol. The Kier molecular flexibility index (Phi) is 6.11. The Morgan fingerprint density at radius 1 is 1.56 bits per heavy atom. The van der Waals surface area contributed by atoms with E-state index in [1.807, 2.05) is 19.0 Å². The molecule has 0 radical (unpaired) electrons. The van der Waals surface area contributed by atoms with E-state index < -0.39 is 0 Å². The van der Waals surface area contributed by atoms with Crippen LogP contribution in [0.4, 0.5) is 5.69 Å². The topological polar surface area (TPSA) is 70.4 Å². The van der Waals surface area contributed by atoms with Gasteiger partial charge in [0.15, 0.2) is 0 Å². The zero-order valence-electron chi connectivity index (χ0n) is 10.7. The second-order valence-electron chi connectivity index (χ2n) is 4.21. The first kappa shape index (κ1) is 14.9. The number of nitrogens with one attached hydrogen (secondary N) is 1. The largest absolute Gasteiger partial charge is 0.396 e. The van der Waals surface area contributed by atoms with Crippen LogP contribution in [-0.2, 0) is 6.54 Å². The maximum atomic E-state index is 11.9. The summed E-state index contributed by atoms with van der Waals surface area (Å²) in [6.45, 7) is 1.87. The number of hydrogen-bond donors (Lipinski definition) is 2. The Morgan fingerprint density at radius 2 is 2.28 bits per heavy atom. The summed E-state index contributed by atoms with van der Waals surface area (Å²) in [4.78, 5) is 13.9. The second kappa shape index (κ2) is 7.35. The number of aliphatic hydroxyl groups is 1. The van der Waals surface area contributed by atoms with E-state index in [4.69, 9.17) is 16.7 Å². The van der Waals surface area contributed by atoms with E-state index in [0.29, 0.717) is 25.2 Å². The number of aliphatic hydroxyl groups excluding tert-OH is 1. The first-order valence-corrected chi connectivity index (χ1v) is 6.19. The number of aromatic nitrogens is 2. The number of likely N-dealkylation sites (N-methyl/N-ethyl adjacent to an activating group) is 1.